The number of aromatic nitrogens is 1. The minimum absolute atomic E-state index is 0.0595. The first kappa shape index (κ1) is 17.1. The molecule has 0 unspecified atom stereocenters. The van der Waals surface area contributed by atoms with Crippen LogP contribution in [0.5, 0.6) is 0 Å². The van der Waals surface area contributed by atoms with E-state index in [1.807, 2.05) is 0 Å². The lowest BCUT2D eigenvalue weighted by atomic mass is 10.2. The molecule has 0 bridgehead atoms. The van der Waals surface area contributed by atoms with E-state index in [-0.39, 0.29) is 24.7 Å². The van der Waals surface area contributed by atoms with Gasteiger partial charge in [0.1, 0.15) is 5.75 Å². The lowest BCUT2D eigenvalue weighted by Gasteiger charge is -2.09. The molecule has 0 saturated heterocycles. The Kier molecular flexibility index (Phi) is 5.84. The quantitative estimate of drug-likeness (QED) is 0.570. The van der Waals surface area contributed by atoms with Crippen molar-refractivity contribution in [3.8, 4) is 0 Å². The first-order valence-electron chi connectivity index (χ1n) is 7.04. The molecule has 0 spiro atoms. The highest BCUT2D eigenvalue weighted by molar-refractivity contribution is 7.85. The van der Waals surface area contributed by atoms with Crippen molar-refractivity contribution in [1.82, 2.24) is 4.98 Å². The van der Waals surface area contributed by atoms with Crippen LogP contribution in [0.1, 0.15) is 28.5 Å². The van der Waals surface area contributed by atoms with E-state index in [2.05, 4.69) is 4.98 Å². The van der Waals surface area contributed by atoms with Crippen LogP contribution in [0.3, 0.4) is 0 Å². The average Bonchev–Trinajstić information content (AvgIpc) is 2.54. The molecule has 1 aromatic carbocycles. The summed E-state index contributed by atoms with van der Waals surface area (Å²) in [6, 6.07) is 11.9. The van der Waals surface area contributed by atoms with Crippen molar-refractivity contribution >= 4 is 16.1 Å². The van der Waals surface area contributed by atoms with E-state index in [1.165, 1.54) is 6.20 Å². The molecule has 122 valence electrons. The van der Waals surface area contributed by atoms with Gasteiger partial charge in [0.2, 0.25) is 0 Å². The largest absolute Gasteiger partial charge is 0.461 e. The molecule has 23 heavy (non-hydrogen) atoms. The topological polar surface area (TPSA) is 82.6 Å². The second-order valence-corrected chi connectivity index (χ2v) is 6.32. The highest BCUT2D eigenvalue weighted by Gasteiger charge is 2.18. The summed E-state index contributed by atoms with van der Waals surface area (Å²) in [6.45, 7) is 1.63. The van der Waals surface area contributed by atoms with Gasteiger partial charge in [0.05, 0.1) is 13.2 Å². The Hall–Kier alpha value is -2.25. The Bertz CT molecular complexity index is 759. The molecule has 0 N–H and O–H groups in total. The lowest BCUT2D eigenvalue weighted by Crippen LogP contribution is -2.14. The van der Waals surface area contributed by atoms with E-state index in [1.54, 1.807) is 49.4 Å². The molecule has 2 rings (SSSR count). The van der Waals surface area contributed by atoms with Crippen LogP contribution in [0.15, 0.2) is 48.7 Å². The molecule has 7 heteroatoms. The van der Waals surface area contributed by atoms with Crippen LogP contribution in [-0.2, 0) is 31.4 Å². The summed E-state index contributed by atoms with van der Waals surface area (Å²) in [5, 5.41) is 0. The summed E-state index contributed by atoms with van der Waals surface area (Å²) in [5.41, 5.74) is 1.05. The third-order valence-corrected chi connectivity index (χ3v) is 4.10. The first-order valence-corrected chi connectivity index (χ1v) is 8.61. The van der Waals surface area contributed by atoms with Crippen molar-refractivity contribution < 1.29 is 22.1 Å². The van der Waals surface area contributed by atoms with Gasteiger partial charge >= 0.3 is 5.97 Å². The van der Waals surface area contributed by atoms with Crippen LogP contribution in [0.4, 0.5) is 0 Å². The zero-order chi connectivity index (χ0) is 16.7. The number of hydrogen-bond acceptors (Lipinski definition) is 6. The van der Waals surface area contributed by atoms with Crippen LogP contribution in [0.25, 0.3) is 0 Å². The summed E-state index contributed by atoms with van der Waals surface area (Å²) in [5.74, 6) is -0.838. The number of nitrogens with zero attached hydrogens (tertiary/aromatic N) is 1. The fourth-order valence-corrected chi connectivity index (χ4v) is 2.90. The molecule has 0 aliphatic rings. The molecule has 0 atom stereocenters. The molecular weight excluding hydrogens is 318 g/mol. The Morgan fingerprint density at radius 2 is 1.87 bits per heavy atom. The van der Waals surface area contributed by atoms with Gasteiger partial charge in [-0.1, -0.05) is 36.4 Å². The highest BCUT2D eigenvalue weighted by atomic mass is 32.2. The van der Waals surface area contributed by atoms with E-state index >= 15 is 0 Å². The van der Waals surface area contributed by atoms with Crippen LogP contribution in [0, 0.1) is 0 Å². The smallest absolute Gasteiger partial charge is 0.357 e. The van der Waals surface area contributed by atoms with Crippen molar-refractivity contribution in [3.63, 3.8) is 0 Å². The molecule has 0 fully saturated rings. The summed E-state index contributed by atoms with van der Waals surface area (Å²) < 4.78 is 33.9. The molecule has 0 aliphatic carbocycles. The number of esters is 1. The minimum Gasteiger partial charge on any atom is -0.461 e. The van der Waals surface area contributed by atoms with E-state index < -0.39 is 16.1 Å². The minimum atomic E-state index is -3.77. The molecular formula is C16H17NO5S. The normalized spacial score (nSPS) is 11.2. The lowest BCUT2D eigenvalue weighted by molar-refractivity contribution is 0.0516. The number of pyridine rings is 1. The van der Waals surface area contributed by atoms with Crippen molar-refractivity contribution in [2.24, 2.45) is 0 Å². The molecule has 0 aliphatic heterocycles. The average molecular weight is 335 g/mol. The molecule has 0 amide bonds. The monoisotopic (exact) mass is 335 g/mol. The molecule has 2 aromatic rings. The zero-order valence-electron chi connectivity index (χ0n) is 12.6. The third-order valence-electron chi connectivity index (χ3n) is 2.94. The summed E-state index contributed by atoms with van der Waals surface area (Å²) in [6.07, 6.45) is 1.44. The second kappa shape index (κ2) is 7.85. The standard InChI is InChI=1S/C16H17NO5S/c1-2-21-16(18)15-14(9-6-10-17-15)11-22-23(19,20)12-13-7-4-3-5-8-13/h3-10H,2,11-12H2,1H3. The van der Waals surface area contributed by atoms with Crippen molar-refractivity contribution in [1.29, 1.82) is 0 Å². The van der Waals surface area contributed by atoms with Gasteiger partial charge in [-0.3, -0.25) is 4.18 Å². The molecule has 1 heterocycles. The van der Waals surface area contributed by atoms with Crippen LogP contribution in [-0.4, -0.2) is 26.0 Å². The van der Waals surface area contributed by atoms with Gasteiger partial charge in [0.25, 0.3) is 10.1 Å². The number of hydrogen-bond donors (Lipinski definition) is 0. The molecule has 1 aromatic heterocycles. The maximum Gasteiger partial charge on any atom is 0.357 e. The summed E-state index contributed by atoms with van der Waals surface area (Å²) in [7, 11) is -3.77. The van der Waals surface area contributed by atoms with Crippen molar-refractivity contribution in [2.45, 2.75) is 19.3 Å². The number of ether oxygens (including phenoxy) is 1. The van der Waals surface area contributed by atoms with Gasteiger partial charge in [-0.15, -0.1) is 0 Å². The van der Waals surface area contributed by atoms with Crippen molar-refractivity contribution in [3.05, 3.63) is 65.5 Å². The summed E-state index contributed by atoms with van der Waals surface area (Å²) in [4.78, 5) is 15.7. The van der Waals surface area contributed by atoms with Gasteiger partial charge in [-0.25, -0.2) is 9.78 Å². The SMILES string of the molecule is CCOC(=O)c1ncccc1COS(=O)(=O)Cc1ccccc1. The fourth-order valence-electron chi connectivity index (χ4n) is 1.91. The Labute approximate surface area is 135 Å². The number of benzene rings is 1. The predicted octanol–water partition coefficient (Wildman–Crippen LogP) is 2.30. The van der Waals surface area contributed by atoms with Gasteiger partial charge in [-0.05, 0) is 18.6 Å². The van der Waals surface area contributed by atoms with Gasteiger partial charge in [-0.2, -0.15) is 8.42 Å². The third kappa shape index (κ3) is 5.15. The van der Waals surface area contributed by atoms with Crippen molar-refractivity contribution in [2.75, 3.05) is 6.61 Å². The Morgan fingerprint density at radius 1 is 1.13 bits per heavy atom. The fraction of sp³-hybridized carbons (Fsp3) is 0.250. The molecule has 0 saturated carbocycles. The number of carbonyl (C=O) groups excluding carboxylic acids is 1. The van der Waals surface area contributed by atoms with E-state index in [0.29, 0.717) is 11.1 Å². The van der Waals surface area contributed by atoms with Crippen LogP contribution in [0.2, 0.25) is 0 Å². The van der Waals surface area contributed by atoms with Crippen LogP contribution >= 0.6 is 0 Å². The Morgan fingerprint density at radius 3 is 2.57 bits per heavy atom. The summed E-state index contributed by atoms with van der Waals surface area (Å²) >= 11 is 0. The highest BCUT2D eigenvalue weighted by Crippen LogP contribution is 2.13. The predicted molar refractivity (Wildman–Crippen MR) is 84.0 cm³/mol. The van der Waals surface area contributed by atoms with Crippen LogP contribution < -0.4 is 0 Å². The number of rotatable bonds is 7. The van der Waals surface area contributed by atoms with Gasteiger partial charge in [0, 0.05) is 11.8 Å². The Balaban J connectivity index is 2.07. The zero-order valence-corrected chi connectivity index (χ0v) is 13.5. The molecule has 6 nitrogen and oxygen atoms in total. The van der Waals surface area contributed by atoms with E-state index in [0.717, 1.165) is 0 Å². The molecule has 0 radical (unpaired) electrons. The maximum atomic E-state index is 12.0. The van der Waals surface area contributed by atoms with E-state index in [4.69, 9.17) is 8.92 Å². The second-order valence-electron chi connectivity index (χ2n) is 4.68. The first-order chi connectivity index (χ1) is 11.0. The van der Waals surface area contributed by atoms with E-state index in [9.17, 15) is 13.2 Å². The number of carbonyl (C=O) groups is 1. The van der Waals surface area contributed by atoms with Gasteiger partial charge < -0.3 is 4.74 Å². The van der Waals surface area contributed by atoms with Gasteiger partial charge in [0.15, 0.2) is 5.69 Å². The maximum absolute atomic E-state index is 12.0.